The fourth-order valence-corrected chi connectivity index (χ4v) is 2.62. The van der Waals surface area contributed by atoms with Crippen molar-refractivity contribution in [3.05, 3.63) is 82.7 Å². The Bertz CT molecular complexity index is 981. The minimum absolute atomic E-state index is 0.131. The van der Waals surface area contributed by atoms with Crippen LogP contribution in [0, 0.1) is 5.82 Å². The van der Waals surface area contributed by atoms with E-state index < -0.39 is 0 Å². The zero-order valence-electron chi connectivity index (χ0n) is 14.3. The normalized spacial score (nSPS) is 10.5. The molecule has 2 aromatic carbocycles. The van der Waals surface area contributed by atoms with Gasteiger partial charge in [0.25, 0.3) is 5.56 Å². The monoisotopic (exact) mass is 351 g/mol. The van der Waals surface area contributed by atoms with E-state index in [1.807, 2.05) is 31.2 Å². The maximum Gasteiger partial charge on any atom is 0.254 e. The number of rotatable bonds is 5. The minimum Gasteiger partial charge on any atom is -0.324 e. The van der Waals surface area contributed by atoms with Crippen LogP contribution in [-0.2, 0) is 17.8 Å². The third-order valence-corrected chi connectivity index (χ3v) is 4.01. The van der Waals surface area contributed by atoms with Crippen molar-refractivity contribution < 1.29 is 9.18 Å². The van der Waals surface area contributed by atoms with Gasteiger partial charge in [-0.3, -0.25) is 14.2 Å². The van der Waals surface area contributed by atoms with Gasteiger partial charge in [-0.2, -0.15) is 0 Å². The SMILES string of the molecule is CCc1ccccc1NC(=O)Cn1cnc(-c2ccc(F)cc2)cc1=O. The highest BCUT2D eigenvalue weighted by Crippen LogP contribution is 2.16. The molecule has 26 heavy (non-hydrogen) atoms. The van der Waals surface area contributed by atoms with E-state index in [4.69, 9.17) is 0 Å². The molecule has 0 unspecified atom stereocenters. The first kappa shape index (κ1) is 17.5. The number of para-hydroxylation sites is 1. The van der Waals surface area contributed by atoms with Gasteiger partial charge in [0.05, 0.1) is 12.0 Å². The van der Waals surface area contributed by atoms with Crippen LogP contribution in [0.2, 0.25) is 0 Å². The molecule has 3 rings (SSSR count). The summed E-state index contributed by atoms with van der Waals surface area (Å²) in [5.41, 5.74) is 2.49. The van der Waals surface area contributed by atoms with Crippen molar-refractivity contribution in [3.63, 3.8) is 0 Å². The van der Waals surface area contributed by atoms with Crippen LogP contribution < -0.4 is 10.9 Å². The lowest BCUT2D eigenvalue weighted by atomic mass is 10.1. The van der Waals surface area contributed by atoms with Gasteiger partial charge in [-0.25, -0.2) is 9.37 Å². The van der Waals surface area contributed by atoms with E-state index in [1.165, 1.54) is 29.1 Å². The molecule has 1 heterocycles. The molecule has 1 amide bonds. The molecular formula is C20H18FN3O2. The van der Waals surface area contributed by atoms with Crippen molar-refractivity contribution in [2.75, 3.05) is 5.32 Å². The van der Waals surface area contributed by atoms with Gasteiger partial charge in [-0.15, -0.1) is 0 Å². The van der Waals surface area contributed by atoms with Crippen LogP contribution in [0.5, 0.6) is 0 Å². The molecule has 0 aliphatic rings. The standard InChI is InChI=1S/C20H18FN3O2/c1-2-14-5-3-4-6-17(14)23-19(25)12-24-13-22-18(11-20(24)26)15-7-9-16(21)10-8-15/h3-11,13H,2,12H2,1H3,(H,23,25). The molecule has 5 nitrogen and oxygen atoms in total. The molecule has 0 radical (unpaired) electrons. The molecule has 0 spiro atoms. The molecule has 6 heteroatoms. The molecule has 0 bridgehead atoms. The number of nitrogens with zero attached hydrogens (tertiary/aromatic N) is 2. The predicted molar refractivity (Wildman–Crippen MR) is 98.3 cm³/mol. The van der Waals surface area contributed by atoms with Gasteiger partial charge in [0.1, 0.15) is 12.4 Å². The summed E-state index contributed by atoms with van der Waals surface area (Å²) in [6.45, 7) is 1.88. The number of benzene rings is 2. The Balaban J connectivity index is 1.75. The fourth-order valence-electron chi connectivity index (χ4n) is 2.62. The average Bonchev–Trinajstić information content (AvgIpc) is 2.64. The Morgan fingerprint density at radius 3 is 2.58 bits per heavy atom. The van der Waals surface area contributed by atoms with Crippen molar-refractivity contribution in [1.29, 1.82) is 0 Å². The van der Waals surface area contributed by atoms with Gasteiger partial charge in [0.2, 0.25) is 5.91 Å². The van der Waals surface area contributed by atoms with Crippen LogP contribution in [0.1, 0.15) is 12.5 Å². The third kappa shape index (κ3) is 4.03. The number of nitrogens with one attached hydrogen (secondary N) is 1. The summed E-state index contributed by atoms with van der Waals surface area (Å²) >= 11 is 0. The van der Waals surface area contributed by atoms with Crippen LogP contribution in [0.15, 0.2) is 65.7 Å². The van der Waals surface area contributed by atoms with E-state index in [0.717, 1.165) is 17.7 Å². The molecule has 0 aliphatic carbocycles. The van der Waals surface area contributed by atoms with Gasteiger partial charge >= 0.3 is 0 Å². The number of halogens is 1. The third-order valence-electron chi connectivity index (χ3n) is 4.01. The van der Waals surface area contributed by atoms with Crippen LogP contribution >= 0.6 is 0 Å². The number of carbonyl (C=O) groups excluding carboxylic acids is 1. The number of hydrogen-bond donors (Lipinski definition) is 1. The number of hydrogen-bond acceptors (Lipinski definition) is 3. The number of aromatic nitrogens is 2. The predicted octanol–water partition coefficient (Wildman–Crippen LogP) is 3.25. The summed E-state index contributed by atoms with van der Waals surface area (Å²) in [7, 11) is 0. The van der Waals surface area contributed by atoms with Gasteiger partial charge in [-0.05, 0) is 42.3 Å². The average molecular weight is 351 g/mol. The molecule has 0 aliphatic heterocycles. The highest BCUT2D eigenvalue weighted by Gasteiger charge is 2.09. The van der Waals surface area contributed by atoms with Crippen LogP contribution in [0.25, 0.3) is 11.3 Å². The van der Waals surface area contributed by atoms with Crippen LogP contribution in [-0.4, -0.2) is 15.5 Å². The Hall–Kier alpha value is -3.28. The molecule has 3 aromatic rings. The second kappa shape index (κ2) is 7.74. The Labute approximate surface area is 150 Å². The van der Waals surface area contributed by atoms with Crippen molar-refractivity contribution >= 4 is 11.6 Å². The second-order valence-corrected chi connectivity index (χ2v) is 5.81. The number of anilines is 1. The first-order valence-electron chi connectivity index (χ1n) is 8.27. The first-order chi connectivity index (χ1) is 12.6. The van der Waals surface area contributed by atoms with E-state index in [1.54, 1.807) is 12.1 Å². The summed E-state index contributed by atoms with van der Waals surface area (Å²) in [4.78, 5) is 28.7. The van der Waals surface area contributed by atoms with Crippen molar-refractivity contribution in [1.82, 2.24) is 9.55 Å². The van der Waals surface area contributed by atoms with Crippen molar-refractivity contribution in [2.24, 2.45) is 0 Å². The summed E-state index contributed by atoms with van der Waals surface area (Å²) in [6.07, 6.45) is 2.12. The molecule has 132 valence electrons. The Kier molecular flexibility index (Phi) is 5.22. The topological polar surface area (TPSA) is 64.0 Å². The van der Waals surface area contributed by atoms with E-state index >= 15 is 0 Å². The lowest BCUT2D eigenvalue weighted by Gasteiger charge is -2.11. The van der Waals surface area contributed by atoms with Crippen LogP contribution in [0.3, 0.4) is 0 Å². The zero-order valence-corrected chi connectivity index (χ0v) is 14.3. The van der Waals surface area contributed by atoms with E-state index in [0.29, 0.717) is 11.3 Å². The van der Waals surface area contributed by atoms with Gasteiger partial charge in [0, 0.05) is 17.3 Å². The maximum atomic E-state index is 13.0. The van der Waals surface area contributed by atoms with Gasteiger partial charge in [-0.1, -0.05) is 25.1 Å². The Morgan fingerprint density at radius 1 is 1.15 bits per heavy atom. The summed E-state index contributed by atoms with van der Waals surface area (Å²) in [5, 5.41) is 2.82. The number of aryl methyl sites for hydroxylation is 1. The first-order valence-corrected chi connectivity index (χ1v) is 8.27. The smallest absolute Gasteiger partial charge is 0.254 e. The maximum absolute atomic E-state index is 13.0. The second-order valence-electron chi connectivity index (χ2n) is 5.81. The molecular weight excluding hydrogens is 333 g/mol. The summed E-state index contributed by atoms with van der Waals surface area (Å²) < 4.78 is 14.2. The highest BCUT2D eigenvalue weighted by atomic mass is 19.1. The fraction of sp³-hybridized carbons (Fsp3) is 0.150. The lowest BCUT2D eigenvalue weighted by Crippen LogP contribution is -2.27. The summed E-state index contributed by atoms with van der Waals surface area (Å²) in [5.74, 6) is -0.657. The molecule has 0 saturated carbocycles. The van der Waals surface area contributed by atoms with E-state index in [-0.39, 0.29) is 23.8 Å². The van der Waals surface area contributed by atoms with E-state index in [9.17, 15) is 14.0 Å². The minimum atomic E-state index is -0.355. The summed E-state index contributed by atoms with van der Waals surface area (Å²) in [6, 6.07) is 14.6. The molecule has 0 fully saturated rings. The molecule has 0 saturated heterocycles. The number of carbonyl (C=O) groups is 1. The molecule has 0 atom stereocenters. The van der Waals surface area contributed by atoms with Gasteiger partial charge < -0.3 is 5.32 Å². The van der Waals surface area contributed by atoms with E-state index in [2.05, 4.69) is 10.3 Å². The van der Waals surface area contributed by atoms with Gasteiger partial charge in [0.15, 0.2) is 0 Å². The lowest BCUT2D eigenvalue weighted by molar-refractivity contribution is -0.116. The highest BCUT2D eigenvalue weighted by molar-refractivity contribution is 5.91. The zero-order chi connectivity index (χ0) is 18.5. The Morgan fingerprint density at radius 2 is 1.88 bits per heavy atom. The molecule has 1 aromatic heterocycles. The molecule has 1 N–H and O–H groups in total. The largest absolute Gasteiger partial charge is 0.324 e. The number of amides is 1. The van der Waals surface area contributed by atoms with Crippen LogP contribution in [0.4, 0.5) is 10.1 Å². The quantitative estimate of drug-likeness (QED) is 0.767. The van der Waals surface area contributed by atoms with Crippen molar-refractivity contribution in [2.45, 2.75) is 19.9 Å². The van der Waals surface area contributed by atoms with Crippen molar-refractivity contribution in [3.8, 4) is 11.3 Å².